The largest absolute Gasteiger partial charge is 0.478 e. The maximum atomic E-state index is 11.9. The normalized spacial score (nSPS) is 13.5. The number of rotatable bonds is 4. The molecule has 19 heavy (non-hydrogen) atoms. The molecule has 0 aromatic heterocycles. The number of halogens is 1. The molecule has 0 aliphatic rings. The second-order valence-electron chi connectivity index (χ2n) is 4.30. The molecule has 1 aromatic rings. The Balaban J connectivity index is 2.80. The van der Waals surface area contributed by atoms with Crippen molar-refractivity contribution in [3.63, 3.8) is 0 Å². The predicted octanol–water partition coefficient (Wildman–Crippen LogP) is 3.05. The summed E-state index contributed by atoms with van der Waals surface area (Å²) in [6, 6.07) is 7.40. The minimum atomic E-state index is -1.08. The first-order chi connectivity index (χ1) is 8.82. The van der Waals surface area contributed by atoms with Crippen molar-refractivity contribution >= 4 is 27.8 Å². The Morgan fingerprint density at radius 2 is 1.68 bits per heavy atom. The van der Waals surface area contributed by atoms with Crippen molar-refractivity contribution in [1.29, 1.82) is 0 Å². The topological polar surface area (TPSA) is 66.4 Å². The van der Waals surface area contributed by atoms with Crippen molar-refractivity contribution in [1.82, 2.24) is 5.32 Å². The summed E-state index contributed by atoms with van der Waals surface area (Å²) in [6.07, 6.45) is 0. The van der Waals surface area contributed by atoms with E-state index in [4.69, 9.17) is 5.11 Å². The molecular weight excluding hydrogens is 310 g/mol. The quantitative estimate of drug-likeness (QED) is 0.836. The molecule has 0 aliphatic heterocycles. The average molecular weight is 326 g/mol. The van der Waals surface area contributed by atoms with Crippen LogP contribution in [0.2, 0.25) is 0 Å². The summed E-state index contributed by atoms with van der Waals surface area (Å²) >= 11 is 3.34. The van der Waals surface area contributed by atoms with Gasteiger partial charge in [-0.25, -0.2) is 4.79 Å². The lowest BCUT2D eigenvalue weighted by Crippen LogP contribution is -2.28. The number of hydrogen-bond donors (Lipinski definition) is 2. The molecule has 1 unspecified atom stereocenters. The summed E-state index contributed by atoms with van der Waals surface area (Å²) in [5.74, 6) is -1.45. The maximum absolute atomic E-state index is 11.9. The molecule has 1 atom stereocenters. The number of carboxylic acid groups (broad SMARTS) is 1. The van der Waals surface area contributed by atoms with Gasteiger partial charge < -0.3 is 10.4 Å². The van der Waals surface area contributed by atoms with Crippen molar-refractivity contribution in [3.8, 4) is 0 Å². The molecule has 5 heteroatoms. The predicted molar refractivity (Wildman–Crippen MR) is 76.7 cm³/mol. The smallest absolute Gasteiger partial charge is 0.331 e. The lowest BCUT2D eigenvalue weighted by Gasteiger charge is -2.15. The Labute approximate surface area is 120 Å². The lowest BCUT2D eigenvalue weighted by atomic mass is 10.1. The zero-order chi connectivity index (χ0) is 14.6. The summed E-state index contributed by atoms with van der Waals surface area (Å²) in [6.45, 7) is 4.78. The van der Waals surface area contributed by atoms with Crippen LogP contribution in [0.15, 0.2) is 39.9 Å². The Kier molecular flexibility index (Phi) is 5.30. The number of hydrogen-bond acceptors (Lipinski definition) is 2. The first-order valence-electron chi connectivity index (χ1n) is 5.80. The van der Waals surface area contributed by atoms with Gasteiger partial charge in [0.25, 0.3) is 0 Å². The van der Waals surface area contributed by atoms with E-state index in [9.17, 15) is 9.59 Å². The summed E-state index contributed by atoms with van der Waals surface area (Å²) in [7, 11) is 0. The Morgan fingerprint density at radius 3 is 2.16 bits per heavy atom. The van der Waals surface area contributed by atoms with Gasteiger partial charge in [0, 0.05) is 15.6 Å². The van der Waals surface area contributed by atoms with Crippen molar-refractivity contribution in [3.05, 3.63) is 45.4 Å². The second kappa shape index (κ2) is 6.52. The molecule has 0 aliphatic carbocycles. The van der Waals surface area contributed by atoms with Crippen molar-refractivity contribution in [2.24, 2.45) is 0 Å². The highest BCUT2D eigenvalue weighted by Gasteiger charge is 2.15. The van der Waals surface area contributed by atoms with Crippen LogP contribution in [0.1, 0.15) is 32.4 Å². The van der Waals surface area contributed by atoms with Crippen LogP contribution in [0, 0.1) is 0 Å². The number of amides is 1. The van der Waals surface area contributed by atoms with Crippen LogP contribution in [0.4, 0.5) is 0 Å². The Morgan fingerprint density at radius 1 is 1.16 bits per heavy atom. The van der Waals surface area contributed by atoms with Crippen LogP contribution in [-0.4, -0.2) is 17.0 Å². The highest BCUT2D eigenvalue weighted by molar-refractivity contribution is 9.10. The number of carboxylic acids is 1. The third-order valence-corrected chi connectivity index (χ3v) is 3.47. The molecule has 0 spiro atoms. The van der Waals surface area contributed by atoms with Gasteiger partial charge in [-0.05, 0) is 38.5 Å². The minimum Gasteiger partial charge on any atom is -0.478 e. The van der Waals surface area contributed by atoms with Crippen molar-refractivity contribution in [2.75, 3.05) is 0 Å². The van der Waals surface area contributed by atoms with Gasteiger partial charge >= 0.3 is 5.97 Å². The highest BCUT2D eigenvalue weighted by atomic mass is 79.9. The molecule has 2 N–H and O–H groups in total. The number of carbonyl (C=O) groups is 2. The maximum Gasteiger partial charge on any atom is 0.331 e. The van der Waals surface area contributed by atoms with E-state index in [-0.39, 0.29) is 23.1 Å². The summed E-state index contributed by atoms with van der Waals surface area (Å²) in [4.78, 5) is 22.7. The molecule has 0 bridgehead atoms. The van der Waals surface area contributed by atoms with Gasteiger partial charge in [0.2, 0.25) is 5.91 Å². The first kappa shape index (κ1) is 15.4. The zero-order valence-corrected chi connectivity index (χ0v) is 12.6. The summed E-state index contributed by atoms with van der Waals surface area (Å²) in [5, 5.41) is 11.6. The molecule has 1 amide bonds. The van der Waals surface area contributed by atoms with E-state index in [0.29, 0.717) is 0 Å². The third kappa shape index (κ3) is 4.21. The van der Waals surface area contributed by atoms with E-state index in [0.717, 1.165) is 10.0 Å². The van der Waals surface area contributed by atoms with Crippen LogP contribution in [0.25, 0.3) is 0 Å². The van der Waals surface area contributed by atoms with E-state index in [1.165, 1.54) is 13.8 Å². The highest BCUT2D eigenvalue weighted by Crippen LogP contribution is 2.17. The van der Waals surface area contributed by atoms with Crippen LogP contribution < -0.4 is 5.32 Å². The number of nitrogens with one attached hydrogen (secondary N) is 1. The monoisotopic (exact) mass is 325 g/mol. The van der Waals surface area contributed by atoms with Gasteiger partial charge in [-0.2, -0.15) is 0 Å². The molecular formula is C14H16BrNO3. The Hall–Kier alpha value is -1.62. The second-order valence-corrected chi connectivity index (χ2v) is 5.22. The van der Waals surface area contributed by atoms with Crippen molar-refractivity contribution < 1.29 is 14.7 Å². The first-order valence-corrected chi connectivity index (χ1v) is 6.59. The van der Waals surface area contributed by atoms with Crippen LogP contribution in [0.3, 0.4) is 0 Å². The standard InChI is InChI=1S/C14H16BrNO3/c1-8(9(2)14(18)19)13(17)16-10(3)11-4-6-12(15)7-5-11/h4-7,10H,1-3H3,(H,16,17)(H,18,19). The van der Waals surface area contributed by atoms with Gasteiger partial charge in [0.1, 0.15) is 0 Å². The fourth-order valence-electron chi connectivity index (χ4n) is 1.47. The Bertz CT molecular complexity index is 520. The van der Waals surface area contributed by atoms with E-state index in [1.54, 1.807) is 0 Å². The molecule has 1 rings (SSSR count). The van der Waals surface area contributed by atoms with Crippen LogP contribution >= 0.6 is 15.9 Å². The number of benzene rings is 1. The molecule has 0 saturated carbocycles. The van der Waals surface area contributed by atoms with Gasteiger partial charge in [-0.3, -0.25) is 4.79 Å². The SMILES string of the molecule is CC(C(=O)O)=C(C)C(=O)NC(C)c1ccc(Br)cc1. The van der Waals surface area contributed by atoms with Crippen LogP contribution in [-0.2, 0) is 9.59 Å². The number of aliphatic carboxylic acids is 1. The molecule has 0 fully saturated rings. The molecule has 0 radical (unpaired) electrons. The molecule has 0 heterocycles. The fraction of sp³-hybridized carbons (Fsp3) is 0.286. The van der Waals surface area contributed by atoms with E-state index >= 15 is 0 Å². The van der Waals surface area contributed by atoms with Gasteiger partial charge in [0.05, 0.1) is 6.04 Å². The van der Waals surface area contributed by atoms with Crippen LogP contribution in [0.5, 0.6) is 0 Å². The van der Waals surface area contributed by atoms with Gasteiger partial charge in [-0.1, -0.05) is 28.1 Å². The van der Waals surface area contributed by atoms with Crippen molar-refractivity contribution in [2.45, 2.75) is 26.8 Å². The number of carbonyl (C=O) groups excluding carboxylic acids is 1. The minimum absolute atomic E-state index is 0.0560. The summed E-state index contributed by atoms with van der Waals surface area (Å²) in [5.41, 5.74) is 1.23. The van der Waals surface area contributed by atoms with E-state index in [1.807, 2.05) is 31.2 Å². The summed E-state index contributed by atoms with van der Waals surface area (Å²) < 4.78 is 0.965. The molecule has 102 valence electrons. The zero-order valence-electron chi connectivity index (χ0n) is 11.0. The third-order valence-electron chi connectivity index (χ3n) is 2.94. The molecule has 0 saturated heterocycles. The van der Waals surface area contributed by atoms with E-state index < -0.39 is 5.97 Å². The van der Waals surface area contributed by atoms with E-state index in [2.05, 4.69) is 21.2 Å². The molecule has 1 aromatic carbocycles. The average Bonchev–Trinajstić information content (AvgIpc) is 2.37. The van der Waals surface area contributed by atoms with Gasteiger partial charge in [0.15, 0.2) is 0 Å². The lowest BCUT2D eigenvalue weighted by molar-refractivity contribution is -0.133. The fourth-order valence-corrected chi connectivity index (χ4v) is 1.73. The van der Waals surface area contributed by atoms with Gasteiger partial charge in [-0.15, -0.1) is 0 Å². The molecule has 4 nitrogen and oxygen atoms in total.